The van der Waals surface area contributed by atoms with Crippen LogP contribution in [0, 0.1) is 0 Å². The number of carbonyl (C=O) groups excluding carboxylic acids is 1. The number of fused-ring (bicyclic) bond motifs is 2. The highest BCUT2D eigenvalue weighted by molar-refractivity contribution is 7.54. The summed E-state index contributed by atoms with van der Waals surface area (Å²) < 4.78 is 43.0. The molecular weight excluding hydrogens is 493 g/mol. The molecule has 0 unspecified atom stereocenters. The first-order valence-electron chi connectivity index (χ1n) is 10.7. The highest BCUT2D eigenvalue weighted by Gasteiger charge is 2.23. The predicted molar refractivity (Wildman–Crippen MR) is 130 cm³/mol. The molecule has 2 aromatic carbocycles. The minimum atomic E-state index is -3.44. The standard InChI is InChI=1S/C24H19F2N4O5P/c1-33-16-3-2-4-17-20(16)12(11-34-17)10-28-23(32)22-18(9-27)35-24(30-22)14-5-7-15(31)21-13(14)6-8-19(29-21)36(25)26/h2-8,11,31H,9-10,27H2,1H3,(H,28,32). The highest BCUT2D eigenvalue weighted by Crippen LogP contribution is 2.39. The Bertz CT molecular complexity index is 1600. The van der Waals surface area contributed by atoms with Crippen molar-refractivity contribution in [3.63, 3.8) is 0 Å². The maximum atomic E-state index is 13.2. The average Bonchev–Trinajstić information content (AvgIpc) is 3.51. The molecule has 12 heteroatoms. The lowest BCUT2D eigenvalue weighted by Crippen LogP contribution is -2.24. The number of ether oxygens (including phenoxy) is 1. The summed E-state index contributed by atoms with van der Waals surface area (Å²) >= 11 is 0. The number of hydrogen-bond acceptors (Lipinski definition) is 8. The molecule has 3 aromatic heterocycles. The number of oxazole rings is 1. The molecule has 0 aliphatic heterocycles. The predicted octanol–water partition coefficient (Wildman–Crippen LogP) is 4.62. The van der Waals surface area contributed by atoms with Gasteiger partial charge in [-0.3, -0.25) is 4.79 Å². The summed E-state index contributed by atoms with van der Waals surface area (Å²) in [5.41, 5.74) is 7.03. The Kier molecular flexibility index (Phi) is 6.26. The van der Waals surface area contributed by atoms with E-state index in [0.29, 0.717) is 27.8 Å². The maximum absolute atomic E-state index is 13.2. The Labute approximate surface area is 203 Å². The molecule has 5 rings (SSSR count). The second kappa shape index (κ2) is 9.52. The van der Waals surface area contributed by atoms with Crippen molar-refractivity contribution in [1.29, 1.82) is 0 Å². The van der Waals surface area contributed by atoms with E-state index in [-0.39, 0.29) is 41.7 Å². The van der Waals surface area contributed by atoms with E-state index in [9.17, 15) is 18.3 Å². The Hall–Kier alpha value is -4.08. The van der Waals surface area contributed by atoms with Crippen molar-refractivity contribution in [3.8, 4) is 23.0 Å². The van der Waals surface area contributed by atoms with Crippen LogP contribution in [0.3, 0.4) is 0 Å². The minimum absolute atomic E-state index is 0.0193. The molecule has 0 aliphatic rings. The van der Waals surface area contributed by atoms with Crippen LogP contribution in [0.5, 0.6) is 11.5 Å². The third-order valence-electron chi connectivity index (χ3n) is 5.62. The Balaban J connectivity index is 1.46. The van der Waals surface area contributed by atoms with Crippen LogP contribution in [0.25, 0.3) is 33.3 Å². The molecule has 1 amide bonds. The lowest BCUT2D eigenvalue weighted by Gasteiger charge is -2.06. The van der Waals surface area contributed by atoms with Crippen LogP contribution in [-0.4, -0.2) is 28.1 Å². The van der Waals surface area contributed by atoms with Gasteiger partial charge in [-0.05, 0) is 36.4 Å². The number of nitrogens with two attached hydrogens (primary N) is 1. The fourth-order valence-electron chi connectivity index (χ4n) is 3.93. The smallest absolute Gasteiger partial charge is 0.316 e. The quantitative estimate of drug-likeness (QED) is 0.269. The van der Waals surface area contributed by atoms with Gasteiger partial charge in [-0.15, -0.1) is 0 Å². The zero-order valence-electron chi connectivity index (χ0n) is 18.8. The van der Waals surface area contributed by atoms with Gasteiger partial charge in [0, 0.05) is 23.1 Å². The molecule has 0 saturated heterocycles. The van der Waals surface area contributed by atoms with Crippen LogP contribution in [0.2, 0.25) is 0 Å². The van der Waals surface area contributed by atoms with Gasteiger partial charge in [-0.2, -0.15) is 8.39 Å². The summed E-state index contributed by atoms with van der Waals surface area (Å²) in [6, 6.07) is 10.8. The first-order chi connectivity index (χ1) is 17.4. The fraction of sp³-hybridized carbons (Fsp3) is 0.125. The number of furan rings is 1. The molecule has 9 nitrogen and oxygen atoms in total. The molecule has 0 radical (unpaired) electrons. The van der Waals surface area contributed by atoms with Crippen molar-refractivity contribution in [3.05, 3.63) is 65.7 Å². The van der Waals surface area contributed by atoms with Crippen LogP contribution >= 0.6 is 8.54 Å². The molecule has 0 atom stereocenters. The number of hydrogen-bond donors (Lipinski definition) is 3. The van der Waals surface area contributed by atoms with Crippen molar-refractivity contribution in [2.75, 3.05) is 7.11 Å². The number of phenols is 1. The summed E-state index contributed by atoms with van der Waals surface area (Å²) in [5.74, 6) is -0.00396. The average molecular weight is 512 g/mol. The summed E-state index contributed by atoms with van der Waals surface area (Å²) in [5, 5.41) is 14.0. The molecule has 0 bridgehead atoms. The maximum Gasteiger partial charge on any atom is 0.316 e. The molecule has 0 fully saturated rings. The van der Waals surface area contributed by atoms with Gasteiger partial charge >= 0.3 is 8.54 Å². The first-order valence-corrected chi connectivity index (χ1v) is 11.8. The molecular formula is C24H19F2N4O5P. The number of methoxy groups -OCH3 is 1. The summed E-state index contributed by atoms with van der Waals surface area (Å²) in [7, 11) is -1.89. The second-order valence-corrected chi connectivity index (χ2v) is 8.63. The van der Waals surface area contributed by atoms with E-state index in [1.165, 1.54) is 30.5 Å². The SMILES string of the molecule is COc1cccc2occ(CNC(=O)c3nc(-c4ccc(O)c5nc(P(F)F)ccc45)oc3CN)c12. The largest absolute Gasteiger partial charge is 0.506 e. The number of pyridine rings is 1. The minimum Gasteiger partial charge on any atom is -0.506 e. The van der Waals surface area contributed by atoms with E-state index in [1.807, 2.05) is 0 Å². The van der Waals surface area contributed by atoms with Crippen LogP contribution in [-0.2, 0) is 13.1 Å². The van der Waals surface area contributed by atoms with Gasteiger partial charge in [0.2, 0.25) is 5.89 Å². The molecule has 5 aromatic rings. The van der Waals surface area contributed by atoms with Gasteiger partial charge in [0.1, 0.15) is 28.0 Å². The van der Waals surface area contributed by atoms with Gasteiger partial charge < -0.3 is 29.7 Å². The highest BCUT2D eigenvalue weighted by atomic mass is 31.2. The number of amides is 1. The zero-order chi connectivity index (χ0) is 25.4. The van der Waals surface area contributed by atoms with Gasteiger partial charge in [-0.25, -0.2) is 9.97 Å². The number of rotatable bonds is 7. The summed E-state index contributed by atoms with van der Waals surface area (Å²) in [6.07, 6.45) is 1.54. The number of benzene rings is 2. The lowest BCUT2D eigenvalue weighted by molar-refractivity contribution is 0.0944. The monoisotopic (exact) mass is 512 g/mol. The third kappa shape index (κ3) is 4.12. The number of aromatic hydroxyl groups is 1. The Morgan fingerprint density at radius 3 is 2.78 bits per heavy atom. The zero-order valence-corrected chi connectivity index (χ0v) is 19.7. The fourth-order valence-corrected chi connectivity index (χ4v) is 4.30. The van der Waals surface area contributed by atoms with E-state index < -0.39 is 19.9 Å². The van der Waals surface area contributed by atoms with E-state index in [1.54, 1.807) is 25.3 Å². The normalized spacial score (nSPS) is 11.5. The number of aromatic nitrogens is 2. The number of halogens is 2. The number of carbonyl (C=O) groups is 1. The molecule has 3 heterocycles. The molecule has 4 N–H and O–H groups in total. The van der Waals surface area contributed by atoms with Gasteiger partial charge in [0.15, 0.2) is 11.5 Å². The van der Waals surface area contributed by atoms with Crippen LogP contribution < -0.4 is 21.2 Å². The van der Waals surface area contributed by atoms with E-state index in [2.05, 4.69) is 15.3 Å². The van der Waals surface area contributed by atoms with Crippen LogP contribution in [0.4, 0.5) is 8.39 Å². The van der Waals surface area contributed by atoms with E-state index in [0.717, 1.165) is 5.39 Å². The summed E-state index contributed by atoms with van der Waals surface area (Å²) in [4.78, 5) is 21.2. The van der Waals surface area contributed by atoms with Crippen molar-refractivity contribution in [2.45, 2.75) is 13.1 Å². The number of nitrogens with zero attached hydrogens (tertiary/aromatic N) is 2. The van der Waals surface area contributed by atoms with E-state index in [4.69, 9.17) is 19.3 Å². The Morgan fingerprint density at radius 1 is 1.19 bits per heavy atom. The molecule has 0 aliphatic carbocycles. The third-order valence-corrected chi connectivity index (χ3v) is 6.21. The second-order valence-electron chi connectivity index (χ2n) is 7.70. The van der Waals surface area contributed by atoms with Gasteiger partial charge in [0.05, 0.1) is 25.3 Å². The molecule has 184 valence electrons. The lowest BCUT2D eigenvalue weighted by atomic mass is 10.1. The topological polar surface area (TPSA) is 137 Å². The summed E-state index contributed by atoms with van der Waals surface area (Å²) in [6.45, 7) is 0.0211. The van der Waals surface area contributed by atoms with Crippen LogP contribution in [0.15, 0.2) is 57.6 Å². The molecule has 36 heavy (non-hydrogen) atoms. The van der Waals surface area contributed by atoms with Crippen molar-refractivity contribution in [2.24, 2.45) is 5.73 Å². The van der Waals surface area contributed by atoms with Gasteiger partial charge in [0.25, 0.3) is 5.91 Å². The van der Waals surface area contributed by atoms with E-state index >= 15 is 0 Å². The number of phenolic OH excluding ortho intramolecular Hbond substituents is 1. The molecule has 0 saturated carbocycles. The van der Waals surface area contributed by atoms with Crippen molar-refractivity contribution in [1.82, 2.24) is 15.3 Å². The van der Waals surface area contributed by atoms with Crippen LogP contribution in [0.1, 0.15) is 21.8 Å². The number of nitrogens with one attached hydrogen (secondary N) is 1. The molecule has 0 spiro atoms. The van der Waals surface area contributed by atoms with Crippen molar-refractivity contribution < 1.29 is 31.9 Å². The first kappa shape index (κ1) is 23.7. The van der Waals surface area contributed by atoms with Crippen molar-refractivity contribution >= 4 is 41.8 Å². The van der Waals surface area contributed by atoms with Gasteiger partial charge in [-0.1, -0.05) is 6.07 Å². The Morgan fingerprint density at radius 2 is 2.03 bits per heavy atom.